The molecule has 6 heteroatoms. The summed E-state index contributed by atoms with van der Waals surface area (Å²) >= 11 is 1.61. The molecule has 2 N–H and O–H groups in total. The van der Waals surface area contributed by atoms with Crippen LogP contribution in [0.3, 0.4) is 0 Å². The fourth-order valence-corrected chi connectivity index (χ4v) is 5.42. The highest BCUT2D eigenvalue weighted by Crippen LogP contribution is 2.27. The average Bonchev–Trinajstić information content (AvgIpc) is 2.90. The van der Waals surface area contributed by atoms with E-state index in [2.05, 4.69) is 23.9 Å². The molecule has 1 aromatic rings. The molecule has 0 spiro atoms. The highest BCUT2D eigenvalue weighted by Gasteiger charge is 2.26. The summed E-state index contributed by atoms with van der Waals surface area (Å²) in [5.41, 5.74) is 0. The molecule has 2 unspecified atom stereocenters. The zero-order valence-corrected chi connectivity index (χ0v) is 13.8. The van der Waals surface area contributed by atoms with Gasteiger partial charge in [0.2, 0.25) is 10.0 Å². The van der Waals surface area contributed by atoms with Crippen molar-refractivity contribution in [3.05, 3.63) is 22.4 Å². The Morgan fingerprint density at radius 3 is 2.85 bits per heavy atom. The van der Waals surface area contributed by atoms with Crippen LogP contribution in [-0.2, 0) is 10.0 Å². The van der Waals surface area contributed by atoms with Crippen LogP contribution in [0.1, 0.15) is 37.6 Å². The van der Waals surface area contributed by atoms with Gasteiger partial charge in [-0.2, -0.15) is 0 Å². The molecular formula is C14H24N2O2S2. The number of sulfonamides is 1. The van der Waals surface area contributed by atoms with Gasteiger partial charge in [0.25, 0.3) is 0 Å². The molecule has 0 bridgehead atoms. The van der Waals surface area contributed by atoms with E-state index in [0.717, 1.165) is 30.8 Å². The molecule has 1 fully saturated rings. The summed E-state index contributed by atoms with van der Waals surface area (Å²) < 4.78 is 27.6. The molecule has 0 saturated carbocycles. The second kappa shape index (κ2) is 7.02. The van der Waals surface area contributed by atoms with Gasteiger partial charge in [-0.15, -0.1) is 11.3 Å². The lowest BCUT2D eigenvalue weighted by Gasteiger charge is -2.25. The van der Waals surface area contributed by atoms with Crippen molar-refractivity contribution in [3.63, 3.8) is 0 Å². The van der Waals surface area contributed by atoms with E-state index in [0.29, 0.717) is 0 Å². The lowest BCUT2D eigenvalue weighted by atomic mass is 10.0. The Balaban J connectivity index is 2.01. The summed E-state index contributed by atoms with van der Waals surface area (Å²) in [6.45, 7) is 5.92. The van der Waals surface area contributed by atoms with Crippen LogP contribution in [0.15, 0.2) is 17.5 Å². The minimum absolute atomic E-state index is 0.114. The van der Waals surface area contributed by atoms with Crippen LogP contribution < -0.4 is 10.0 Å². The van der Waals surface area contributed by atoms with Crippen molar-refractivity contribution in [3.8, 4) is 0 Å². The first kappa shape index (κ1) is 15.9. The van der Waals surface area contributed by atoms with Gasteiger partial charge in [-0.05, 0) is 49.2 Å². The Morgan fingerprint density at radius 2 is 2.30 bits per heavy atom. The van der Waals surface area contributed by atoms with Crippen molar-refractivity contribution in [2.24, 2.45) is 11.8 Å². The van der Waals surface area contributed by atoms with E-state index < -0.39 is 10.0 Å². The summed E-state index contributed by atoms with van der Waals surface area (Å²) in [5.74, 6) is 0.708. The minimum atomic E-state index is -3.23. The average molecular weight is 316 g/mol. The summed E-state index contributed by atoms with van der Waals surface area (Å²) in [5, 5.41) is 5.26. The maximum Gasteiger partial charge on any atom is 0.212 e. The number of thiophene rings is 1. The van der Waals surface area contributed by atoms with Crippen molar-refractivity contribution in [2.45, 2.75) is 32.7 Å². The minimum Gasteiger partial charge on any atom is -0.316 e. The van der Waals surface area contributed by atoms with Crippen LogP contribution in [0.25, 0.3) is 0 Å². The molecule has 2 rings (SSSR count). The van der Waals surface area contributed by atoms with Crippen molar-refractivity contribution < 1.29 is 8.42 Å². The lowest BCUT2D eigenvalue weighted by molar-refractivity contribution is 0.398. The molecule has 2 heterocycles. The Hall–Kier alpha value is -0.430. The highest BCUT2D eigenvalue weighted by molar-refractivity contribution is 7.89. The van der Waals surface area contributed by atoms with Gasteiger partial charge in [-0.25, -0.2) is 13.1 Å². The van der Waals surface area contributed by atoms with Gasteiger partial charge in [0, 0.05) is 4.88 Å². The Morgan fingerprint density at radius 1 is 1.50 bits per heavy atom. The van der Waals surface area contributed by atoms with Crippen molar-refractivity contribution >= 4 is 21.4 Å². The standard InChI is InChI=1S/C14H24N2O2S2/c1-11(2)14(13-6-4-8-19-13)16-20(17,18)10-12-5-3-7-15-9-12/h4,6,8,11-12,14-16H,3,5,7,9-10H2,1-2H3. The molecule has 1 saturated heterocycles. The van der Waals surface area contributed by atoms with E-state index in [-0.39, 0.29) is 23.6 Å². The first-order valence-electron chi connectivity index (χ1n) is 7.22. The topological polar surface area (TPSA) is 58.2 Å². The third kappa shape index (κ3) is 4.55. The number of hydrogen-bond donors (Lipinski definition) is 2. The Kier molecular flexibility index (Phi) is 5.60. The Labute approximate surface area is 126 Å². The number of hydrogen-bond acceptors (Lipinski definition) is 4. The van der Waals surface area contributed by atoms with Gasteiger partial charge in [0.1, 0.15) is 0 Å². The van der Waals surface area contributed by atoms with Crippen LogP contribution in [0.2, 0.25) is 0 Å². The normalized spacial score (nSPS) is 22.1. The molecule has 1 aromatic heterocycles. The summed E-state index contributed by atoms with van der Waals surface area (Å²) in [7, 11) is -3.23. The molecule has 0 amide bonds. The molecule has 0 aromatic carbocycles. The highest BCUT2D eigenvalue weighted by atomic mass is 32.2. The molecule has 114 valence electrons. The lowest BCUT2D eigenvalue weighted by Crippen LogP contribution is -2.39. The summed E-state index contributed by atoms with van der Waals surface area (Å²) in [6, 6.07) is 3.85. The monoisotopic (exact) mass is 316 g/mol. The second-order valence-corrected chi connectivity index (χ2v) is 8.63. The first-order valence-corrected chi connectivity index (χ1v) is 9.75. The SMILES string of the molecule is CC(C)C(NS(=O)(=O)CC1CCCNC1)c1cccs1. The number of rotatable bonds is 6. The van der Waals surface area contributed by atoms with E-state index >= 15 is 0 Å². The molecule has 20 heavy (non-hydrogen) atoms. The largest absolute Gasteiger partial charge is 0.316 e. The smallest absolute Gasteiger partial charge is 0.212 e. The van der Waals surface area contributed by atoms with E-state index in [1.807, 2.05) is 17.5 Å². The van der Waals surface area contributed by atoms with Crippen LogP contribution in [0, 0.1) is 11.8 Å². The van der Waals surface area contributed by atoms with Crippen LogP contribution >= 0.6 is 11.3 Å². The van der Waals surface area contributed by atoms with E-state index in [9.17, 15) is 8.42 Å². The first-order chi connectivity index (χ1) is 9.48. The number of piperidine rings is 1. The molecule has 1 aliphatic heterocycles. The number of nitrogens with one attached hydrogen (secondary N) is 2. The molecule has 1 aliphatic rings. The quantitative estimate of drug-likeness (QED) is 0.847. The van der Waals surface area contributed by atoms with E-state index in [4.69, 9.17) is 0 Å². The maximum absolute atomic E-state index is 12.4. The molecule has 0 radical (unpaired) electrons. The summed E-state index contributed by atoms with van der Waals surface area (Å²) in [6.07, 6.45) is 2.07. The zero-order chi connectivity index (χ0) is 14.6. The van der Waals surface area contributed by atoms with Gasteiger partial charge in [-0.3, -0.25) is 0 Å². The molecule has 0 aliphatic carbocycles. The van der Waals surface area contributed by atoms with Crippen molar-refractivity contribution in [1.82, 2.24) is 10.0 Å². The molecular weight excluding hydrogens is 292 g/mol. The van der Waals surface area contributed by atoms with Gasteiger partial charge in [-0.1, -0.05) is 19.9 Å². The third-order valence-corrected chi connectivity index (χ3v) is 6.16. The van der Waals surface area contributed by atoms with E-state index in [1.54, 1.807) is 11.3 Å². The second-order valence-electron chi connectivity index (χ2n) is 5.85. The van der Waals surface area contributed by atoms with Gasteiger partial charge in [0.05, 0.1) is 11.8 Å². The maximum atomic E-state index is 12.4. The predicted octanol–water partition coefficient (Wildman–Crippen LogP) is 2.36. The van der Waals surface area contributed by atoms with Gasteiger partial charge < -0.3 is 5.32 Å². The molecule has 4 nitrogen and oxygen atoms in total. The fraction of sp³-hybridized carbons (Fsp3) is 0.714. The van der Waals surface area contributed by atoms with Gasteiger partial charge >= 0.3 is 0 Å². The Bertz CT molecular complexity index is 491. The van der Waals surface area contributed by atoms with Crippen molar-refractivity contribution in [1.29, 1.82) is 0 Å². The van der Waals surface area contributed by atoms with Crippen molar-refractivity contribution in [2.75, 3.05) is 18.8 Å². The summed E-state index contributed by atoms with van der Waals surface area (Å²) in [4.78, 5) is 1.09. The fourth-order valence-electron chi connectivity index (χ4n) is 2.61. The van der Waals surface area contributed by atoms with Crippen LogP contribution in [0.4, 0.5) is 0 Å². The third-order valence-electron chi connectivity index (χ3n) is 3.68. The van der Waals surface area contributed by atoms with Gasteiger partial charge in [0.15, 0.2) is 0 Å². The predicted molar refractivity (Wildman–Crippen MR) is 84.4 cm³/mol. The zero-order valence-electron chi connectivity index (χ0n) is 12.1. The van der Waals surface area contributed by atoms with Crippen LogP contribution in [-0.4, -0.2) is 27.3 Å². The van der Waals surface area contributed by atoms with Crippen LogP contribution in [0.5, 0.6) is 0 Å². The van der Waals surface area contributed by atoms with E-state index in [1.165, 1.54) is 0 Å². The molecule has 2 atom stereocenters.